The Kier molecular flexibility index (Phi) is 4.66. The third-order valence-electron chi connectivity index (χ3n) is 3.53. The Hall–Kier alpha value is -1.26. The van der Waals surface area contributed by atoms with Crippen LogP contribution in [0.3, 0.4) is 0 Å². The zero-order valence-electron chi connectivity index (χ0n) is 11.1. The van der Waals surface area contributed by atoms with Gasteiger partial charge in [0.05, 0.1) is 10.6 Å². The van der Waals surface area contributed by atoms with Crippen molar-refractivity contribution < 1.29 is 9.53 Å². The Morgan fingerprint density at radius 1 is 1.47 bits per heavy atom. The van der Waals surface area contributed by atoms with Gasteiger partial charge in [0.1, 0.15) is 0 Å². The smallest absolute Gasteiger partial charge is 0.255 e. The lowest BCUT2D eigenvalue weighted by Crippen LogP contribution is -2.39. The number of nitrogens with two attached hydrogens (primary N) is 1. The molecule has 0 aromatic heterocycles. The van der Waals surface area contributed by atoms with Crippen LogP contribution in [-0.2, 0) is 4.74 Å². The molecule has 0 atom stereocenters. The maximum absolute atomic E-state index is 12.4. The fraction of sp³-hybridized carbons (Fsp3) is 0.500. The van der Waals surface area contributed by atoms with Gasteiger partial charge >= 0.3 is 0 Å². The van der Waals surface area contributed by atoms with E-state index in [-0.39, 0.29) is 5.91 Å². The second kappa shape index (κ2) is 6.26. The van der Waals surface area contributed by atoms with Gasteiger partial charge in [0.15, 0.2) is 0 Å². The molecule has 1 heterocycles. The molecule has 0 spiro atoms. The highest BCUT2D eigenvalue weighted by Gasteiger charge is 2.24. The molecule has 5 heteroatoms. The Labute approximate surface area is 118 Å². The summed E-state index contributed by atoms with van der Waals surface area (Å²) in [6, 6.07) is 5.02. The number of nitrogens with zero attached hydrogens (tertiary/aromatic N) is 1. The van der Waals surface area contributed by atoms with Gasteiger partial charge in [0.25, 0.3) is 5.91 Å². The van der Waals surface area contributed by atoms with Crippen LogP contribution in [-0.4, -0.2) is 37.6 Å². The summed E-state index contributed by atoms with van der Waals surface area (Å²) in [5.41, 5.74) is 6.73. The Morgan fingerprint density at radius 3 is 2.74 bits per heavy atom. The van der Waals surface area contributed by atoms with Gasteiger partial charge in [-0.25, -0.2) is 0 Å². The molecule has 2 N–H and O–H groups in total. The summed E-state index contributed by atoms with van der Waals surface area (Å²) in [6.07, 6.45) is 1.96. The second-order valence-corrected chi connectivity index (χ2v) is 5.34. The summed E-state index contributed by atoms with van der Waals surface area (Å²) in [7, 11) is 1.71. The van der Waals surface area contributed by atoms with Gasteiger partial charge < -0.3 is 15.4 Å². The number of amides is 1. The molecular weight excluding hydrogens is 264 g/mol. The number of rotatable bonds is 3. The average molecular weight is 283 g/mol. The largest absolute Gasteiger partial charge is 0.399 e. The third-order valence-corrected chi connectivity index (χ3v) is 3.84. The average Bonchev–Trinajstić information content (AvgIpc) is 2.39. The van der Waals surface area contributed by atoms with Gasteiger partial charge in [-0.1, -0.05) is 11.6 Å². The van der Waals surface area contributed by atoms with Crippen LogP contribution in [0.25, 0.3) is 0 Å². The monoisotopic (exact) mass is 282 g/mol. The van der Waals surface area contributed by atoms with Crippen LogP contribution < -0.4 is 5.73 Å². The Balaban J connectivity index is 2.01. The molecule has 19 heavy (non-hydrogen) atoms. The van der Waals surface area contributed by atoms with Crippen molar-refractivity contribution in [3.63, 3.8) is 0 Å². The van der Waals surface area contributed by atoms with E-state index < -0.39 is 0 Å². The topological polar surface area (TPSA) is 55.6 Å². The van der Waals surface area contributed by atoms with Crippen molar-refractivity contribution in [1.29, 1.82) is 0 Å². The van der Waals surface area contributed by atoms with Crippen LogP contribution in [0.1, 0.15) is 23.2 Å². The van der Waals surface area contributed by atoms with Crippen molar-refractivity contribution in [1.82, 2.24) is 4.90 Å². The molecule has 4 nitrogen and oxygen atoms in total. The lowest BCUT2D eigenvalue weighted by Gasteiger charge is -2.31. The van der Waals surface area contributed by atoms with Crippen molar-refractivity contribution >= 4 is 23.2 Å². The third kappa shape index (κ3) is 3.39. The Morgan fingerprint density at radius 2 is 2.16 bits per heavy atom. The van der Waals surface area contributed by atoms with E-state index in [1.807, 2.05) is 4.90 Å². The number of hydrogen-bond acceptors (Lipinski definition) is 3. The maximum Gasteiger partial charge on any atom is 0.255 e. The number of anilines is 1. The van der Waals surface area contributed by atoms with Crippen molar-refractivity contribution in [2.45, 2.75) is 12.8 Å². The zero-order valence-corrected chi connectivity index (χ0v) is 11.8. The van der Waals surface area contributed by atoms with E-state index in [9.17, 15) is 4.79 Å². The number of nitrogen functional groups attached to an aromatic ring is 1. The zero-order chi connectivity index (χ0) is 13.8. The van der Waals surface area contributed by atoms with E-state index in [1.165, 1.54) is 0 Å². The van der Waals surface area contributed by atoms with Crippen LogP contribution >= 0.6 is 11.6 Å². The Bertz CT molecular complexity index is 457. The molecule has 0 saturated carbocycles. The second-order valence-electron chi connectivity index (χ2n) is 4.93. The van der Waals surface area contributed by atoms with Crippen molar-refractivity contribution in [3.05, 3.63) is 28.8 Å². The van der Waals surface area contributed by atoms with Gasteiger partial charge in [0.2, 0.25) is 0 Å². The van der Waals surface area contributed by atoms with Gasteiger partial charge in [-0.2, -0.15) is 0 Å². The summed E-state index contributed by atoms with van der Waals surface area (Å²) >= 11 is 6.07. The van der Waals surface area contributed by atoms with E-state index in [1.54, 1.807) is 25.3 Å². The SMILES string of the molecule is COCC1CCN(C(=O)c2ccc(N)cc2Cl)CC1. The van der Waals surface area contributed by atoms with E-state index in [0.717, 1.165) is 32.5 Å². The standard InChI is InChI=1S/C14H19ClN2O2/c1-19-9-10-4-6-17(7-5-10)14(18)12-3-2-11(16)8-13(12)15/h2-3,8,10H,4-7,9,16H2,1H3. The van der Waals surface area contributed by atoms with Crippen molar-refractivity contribution in [3.8, 4) is 0 Å². The summed E-state index contributed by atoms with van der Waals surface area (Å²) in [5.74, 6) is 0.539. The number of piperidine rings is 1. The first-order valence-electron chi connectivity index (χ1n) is 6.45. The molecule has 1 fully saturated rings. The van der Waals surface area contributed by atoms with Gasteiger partial charge in [-0.15, -0.1) is 0 Å². The number of benzene rings is 1. The maximum atomic E-state index is 12.4. The van der Waals surface area contributed by atoms with Gasteiger partial charge in [0, 0.05) is 32.5 Å². The highest BCUT2D eigenvalue weighted by molar-refractivity contribution is 6.34. The van der Waals surface area contributed by atoms with Crippen LogP contribution in [0.4, 0.5) is 5.69 Å². The molecule has 2 rings (SSSR count). The molecule has 1 saturated heterocycles. The fourth-order valence-corrected chi connectivity index (χ4v) is 2.68. The first kappa shape index (κ1) is 14.2. The van der Waals surface area contributed by atoms with Crippen LogP contribution in [0.2, 0.25) is 5.02 Å². The van der Waals surface area contributed by atoms with Gasteiger partial charge in [-0.05, 0) is 37.0 Å². The summed E-state index contributed by atoms with van der Waals surface area (Å²) < 4.78 is 5.16. The summed E-state index contributed by atoms with van der Waals surface area (Å²) in [4.78, 5) is 14.2. The predicted octanol–water partition coefficient (Wildman–Crippen LogP) is 2.42. The summed E-state index contributed by atoms with van der Waals surface area (Å²) in [6.45, 7) is 2.28. The minimum absolute atomic E-state index is 0.0131. The summed E-state index contributed by atoms with van der Waals surface area (Å²) in [5, 5.41) is 0.420. The lowest BCUT2D eigenvalue weighted by atomic mass is 9.97. The molecule has 1 amide bonds. The fourth-order valence-electron chi connectivity index (χ4n) is 2.41. The molecule has 1 aliphatic heterocycles. The molecule has 1 aromatic carbocycles. The number of ether oxygens (including phenoxy) is 1. The quantitative estimate of drug-likeness (QED) is 0.866. The normalized spacial score (nSPS) is 16.6. The highest BCUT2D eigenvalue weighted by Crippen LogP contribution is 2.24. The molecule has 0 aliphatic carbocycles. The number of methoxy groups -OCH3 is 1. The molecule has 1 aromatic rings. The van der Waals surface area contributed by atoms with Crippen LogP contribution in [0, 0.1) is 5.92 Å². The molecule has 1 aliphatic rings. The minimum atomic E-state index is -0.0131. The number of carbonyl (C=O) groups excluding carboxylic acids is 1. The number of halogens is 1. The molecule has 0 bridgehead atoms. The highest BCUT2D eigenvalue weighted by atomic mass is 35.5. The van der Waals surface area contributed by atoms with E-state index in [4.69, 9.17) is 22.1 Å². The first-order valence-corrected chi connectivity index (χ1v) is 6.83. The number of likely N-dealkylation sites (tertiary alicyclic amines) is 1. The van der Waals surface area contributed by atoms with Crippen LogP contribution in [0.5, 0.6) is 0 Å². The predicted molar refractivity (Wildman–Crippen MR) is 76.4 cm³/mol. The number of carbonyl (C=O) groups is 1. The van der Waals surface area contributed by atoms with Crippen LogP contribution in [0.15, 0.2) is 18.2 Å². The molecule has 0 unspecified atom stereocenters. The minimum Gasteiger partial charge on any atom is -0.399 e. The van der Waals surface area contributed by atoms with E-state index in [0.29, 0.717) is 22.2 Å². The molecule has 104 valence electrons. The van der Waals surface area contributed by atoms with Crippen molar-refractivity contribution in [2.75, 3.05) is 32.5 Å². The molecule has 0 radical (unpaired) electrons. The van der Waals surface area contributed by atoms with E-state index >= 15 is 0 Å². The van der Waals surface area contributed by atoms with Gasteiger partial charge in [-0.3, -0.25) is 4.79 Å². The van der Waals surface area contributed by atoms with E-state index in [2.05, 4.69) is 0 Å². The first-order chi connectivity index (χ1) is 9.11. The number of hydrogen-bond donors (Lipinski definition) is 1. The molecular formula is C14H19ClN2O2. The lowest BCUT2D eigenvalue weighted by molar-refractivity contribution is 0.0614. The van der Waals surface area contributed by atoms with Crippen molar-refractivity contribution in [2.24, 2.45) is 5.92 Å².